The van der Waals surface area contributed by atoms with Gasteiger partial charge in [-0.25, -0.2) is 4.98 Å². The molecular weight excluding hydrogens is 461 g/mol. The van der Waals surface area contributed by atoms with Crippen LogP contribution in [0.5, 0.6) is 0 Å². The molecule has 32 heavy (non-hydrogen) atoms. The summed E-state index contributed by atoms with van der Waals surface area (Å²) in [6, 6.07) is 10.4. The molecule has 4 rings (SSSR count). The number of rotatable bonds is 6. The van der Waals surface area contributed by atoms with Gasteiger partial charge < -0.3 is 0 Å². The van der Waals surface area contributed by atoms with E-state index in [1.165, 1.54) is 6.21 Å². The minimum absolute atomic E-state index is 0.337. The smallest absolute Gasteiger partial charge is 0.278 e. The number of allylic oxidation sites excluding steroid dienone is 2. The molecule has 0 atom stereocenters. The zero-order valence-electron chi connectivity index (χ0n) is 16.6. The lowest BCUT2D eigenvalue weighted by Crippen LogP contribution is -2.09. The molecule has 6 nitrogen and oxygen atoms in total. The number of thiazole rings is 1. The highest BCUT2D eigenvalue weighted by atomic mass is 32.2. The van der Waals surface area contributed by atoms with Crippen molar-refractivity contribution in [3.63, 3.8) is 0 Å². The lowest BCUT2D eigenvalue weighted by molar-refractivity contribution is -0.385. The molecule has 3 aromatic rings. The number of hydrogen-bond acceptors (Lipinski definition) is 7. The first kappa shape index (κ1) is 22.3. The second kappa shape index (κ2) is 9.29. The molecule has 1 heterocycles. The third kappa shape index (κ3) is 5.10. The van der Waals surface area contributed by atoms with E-state index in [9.17, 15) is 23.3 Å². The summed E-state index contributed by atoms with van der Waals surface area (Å²) < 4.78 is 42.0. The highest BCUT2D eigenvalue weighted by Crippen LogP contribution is 2.40. The van der Waals surface area contributed by atoms with Crippen LogP contribution in [0.25, 0.3) is 10.2 Å². The first-order valence-corrected chi connectivity index (χ1v) is 11.3. The summed E-state index contributed by atoms with van der Waals surface area (Å²) >= 11 is 3.17. The van der Waals surface area contributed by atoms with Gasteiger partial charge in [0.1, 0.15) is 0 Å². The number of alkyl halides is 3. The van der Waals surface area contributed by atoms with E-state index in [-0.39, 0.29) is 5.69 Å². The number of aromatic nitrogens is 1. The third-order valence-electron chi connectivity index (χ3n) is 4.87. The summed E-state index contributed by atoms with van der Waals surface area (Å²) in [6.07, 6.45) is 0.408. The molecule has 0 saturated carbocycles. The molecule has 0 saturated heterocycles. The Morgan fingerprint density at radius 1 is 1.19 bits per heavy atom. The molecule has 2 aromatic carbocycles. The van der Waals surface area contributed by atoms with E-state index >= 15 is 0 Å². The second-order valence-electron chi connectivity index (χ2n) is 7.06. The fraction of sp³-hybridized carbons (Fsp3) is 0.238. The fourth-order valence-electron chi connectivity index (χ4n) is 3.31. The van der Waals surface area contributed by atoms with Gasteiger partial charge in [0.2, 0.25) is 0 Å². The molecule has 0 fully saturated rings. The van der Waals surface area contributed by atoms with Gasteiger partial charge in [-0.1, -0.05) is 23.9 Å². The van der Waals surface area contributed by atoms with Crippen LogP contribution in [0.2, 0.25) is 0 Å². The van der Waals surface area contributed by atoms with Gasteiger partial charge in [0.15, 0.2) is 4.34 Å². The van der Waals surface area contributed by atoms with Gasteiger partial charge >= 0.3 is 6.18 Å². The zero-order chi connectivity index (χ0) is 22.7. The predicted molar refractivity (Wildman–Crippen MR) is 121 cm³/mol. The number of halogens is 3. The quantitative estimate of drug-likeness (QED) is 0.229. The highest BCUT2D eigenvalue weighted by molar-refractivity contribution is 8.04. The van der Waals surface area contributed by atoms with Gasteiger partial charge in [-0.3, -0.25) is 15.5 Å². The molecule has 166 valence electrons. The maximum Gasteiger partial charge on any atom is 0.418 e. The van der Waals surface area contributed by atoms with Crippen molar-refractivity contribution in [1.29, 1.82) is 0 Å². The molecule has 0 amide bonds. The van der Waals surface area contributed by atoms with E-state index in [0.29, 0.717) is 6.07 Å². The van der Waals surface area contributed by atoms with Crippen LogP contribution < -0.4 is 5.43 Å². The van der Waals surface area contributed by atoms with Crippen LogP contribution in [0.1, 0.15) is 31.2 Å². The SMILES string of the molecule is O=[N+]([O-])c1ccc(N/N=C/C2=C(Sc3nc4ccccc4s3)CCCC2)c(C(F)(F)F)c1. The van der Waals surface area contributed by atoms with Crippen LogP contribution in [0.15, 0.2) is 62.4 Å². The topological polar surface area (TPSA) is 80.4 Å². The van der Waals surface area contributed by atoms with Gasteiger partial charge in [0.05, 0.1) is 32.6 Å². The average Bonchev–Trinajstić information content (AvgIpc) is 3.16. The molecule has 1 aromatic heterocycles. The summed E-state index contributed by atoms with van der Waals surface area (Å²) in [5, 5.41) is 14.8. The van der Waals surface area contributed by atoms with Crippen molar-refractivity contribution in [2.75, 3.05) is 5.43 Å². The minimum Gasteiger partial charge on any atom is -0.278 e. The molecule has 0 radical (unpaired) electrons. The normalized spacial score (nSPS) is 15.0. The third-order valence-corrected chi connectivity index (χ3v) is 7.18. The number of para-hydroxylation sites is 1. The van der Waals surface area contributed by atoms with E-state index in [2.05, 4.69) is 15.5 Å². The number of anilines is 1. The minimum atomic E-state index is -4.75. The summed E-state index contributed by atoms with van der Waals surface area (Å²) in [4.78, 5) is 15.7. The number of non-ortho nitro benzene ring substituents is 1. The van der Waals surface area contributed by atoms with E-state index in [1.54, 1.807) is 23.1 Å². The first-order chi connectivity index (χ1) is 15.3. The van der Waals surface area contributed by atoms with E-state index < -0.39 is 22.4 Å². The summed E-state index contributed by atoms with van der Waals surface area (Å²) in [5.74, 6) is 0. The molecule has 1 aliphatic carbocycles. The Kier molecular flexibility index (Phi) is 6.47. The number of nitrogens with one attached hydrogen (secondary N) is 1. The Morgan fingerprint density at radius 3 is 2.72 bits per heavy atom. The predicted octanol–water partition coefficient (Wildman–Crippen LogP) is 7.24. The monoisotopic (exact) mass is 478 g/mol. The Bertz CT molecular complexity index is 1190. The standard InChI is InChI=1S/C21H17F3N4O2S2/c22-21(23,24)15-11-14(28(29)30)9-10-16(15)27-25-12-13-5-1-3-7-18(13)31-20-26-17-6-2-4-8-19(17)32-20/h2,4,6,8-12,27H,1,3,5,7H2/b25-12+. The number of thioether (sulfide) groups is 1. The number of fused-ring (bicyclic) bond motifs is 1. The van der Waals surface area contributed by atoms with Crippen molar-refractivity contribution in [1.82, 2.24) is 4.98 Å². The number of nitro groups is 1. The van der Waals surface area contributed by atoms with Crippen LogP contribution in [0, 0.1) is 10.1 Å². The van der Waals surface area contributed by atoms with Crippen LogP contribution >= 0.6 is 23.1 Å². The van der Waals surface area contributed by atoms with Crippen molar-refractivity contribution in [2.45, 2.75) is 36.2 Å². The molecule has 0 bridgehead atoms. The Labute approximate surface area is 189 Å². The number of hydrazone groups is 1. The maximum atomic E-state index is 13.3. The van der Waals surface area contributed by atoms with Crippen LogP contribution in [-0.2, 0) is 6.18 Å². The van der Waals surface area contributed by atoms with Gasteiger partial charge in [0, 0.05) is 12.1 Å². The summed E-state index contributed by atoms with van der Waals surface area (Å²) in [5.41, 5.74) is 2.19. The number of nitro benzene ring substituents is 1. The highest BCUT2D eigenvalue weighted by Gasteiger charge is 2.35. The Balaban J connectivity index is 1.55. The second-order valence-corrected chi connectivity index (χ2v) is 9.43. The average molecular weight is 479 g/mol. The van der Waals surface area contributed by atoms with E-state index in [0.717, 1.165) is 62.9 Å². The van der Waals surface area contributed by atoms with Crippen molar-refractivity contribution in [2.24, 2.45) is 5.10 Å². The van der Waals surface area contributed by atoms with E-state index in [4.69, 9.17) is 0 Å². The Morgan fingerprint density at radius 2 is 1.97 bits per heavy atom. The first-order valence-electron chi connectivity index (χ1n) is 9.71. The van der Waals surface area contributed by atoms with E-state index in [1.807, 2.05) is 24.3 Å². The lowest BCUT2D eigenvalue weighted by Gasteiger charge is -2.16. The number of benzene rings is 2. The molecule has 0 aliphatic heterocycles. The van der Waals surface area contributed by atoms with Crippen LogP contribution in [0.3, 0.4) is 0 Å². The largest absolute Gasteiger partial charge is 0.418 e. The molecule has 1 aliphatic rings. The fourth-order valence-corrected chi connectivity index (χ4v) is 5.63. The number of hydrogen-bond donors (Lipinski definition) is 1. The van der Waals surface area contributed by atoms with Crippen molar-refractivity contribution in [3.05, 3.63) is 68.6 Å². The van der Waals surface area contributed by atoms with Crippen molar-refractivity contribution in [3.8, 4) is 0 Å². The van der Waals surface area contributed by atoms with Crippen LogP contribution in [0.4, 0.5) is 24.5 Å². The van der Waals surface area contributed by atoms with Crippen LogP contribution in [-0.4, -0.2) is 16.1 Å². The van der Waals surface area contributed by atoms with Gasteiger partial charge in [-0.2, -0.15) is 18.3 Å². The number of nitrogens with zero attached hydrogens (tertiary/aromatic N) is 3. The molecule has 1 N–H and O–H groups in total. The van der Waals surface area contributed by atoms with Gasteiger partial charge in [-0.05, 0) is 54.4 Å². The van der Waals surface area contributed by atoms with Gasteiger partial charge in [-0.15, -0.1) is 11.3 Å². The van der Waals surface area contributed by atoms with Crippen molar-refractivity contribution < 1.29 is 18.1 Å². The maximum absolute atomic E-state index is 13.3. The molecule has 0 unspecified atom stereocenters. The summed E-state index contributed by atoms with van der Waals surface area (Å²) in [6.45, 7) is 0. The van der Waals surface area contributed by atoms with Gasteiger partial charge in [0.25, 0.3) is 5.69 Å². The lowest BCUT2D eigenvalue weighted by atomic mass is 10.0. The van der Waals surface area contributed by atoms with Crippen molar-refractivity contribution >= 4 is 50.9 Å². The molecule has 11 heteroatoms. The molecular formula is C21H17F3N4O2S2. The summed E-state index contributed by atoms with van der Waals surface area (Å²) in [7, 11) is 0. The molecule has 0 spiro atoms. The zero-order valence-corrected chi connectivity index (χ0v) is 18.2. The Hall–Kier alpha value is -2.92.